The van der Waals surface area contributed by atoms with Crippen LogP contribution in [0.15, 0.2) is 48.5 Å². The molecule has 0 aliphatic carbocycles. The Morgan fingerprint density at radius 3 is 2.32 bits per heavy atom. The topological polar surface area (TPSA) is 52.6 Å². The van der Waals surface area contributed by atoms with Crippen molar-refractivity contribution in [1.29, 1.82) is 0 Å². The van der Waals surface area contributed by atoms with Crippen molar-refractivity contribution < 1.29 is 19.1 Å². The fraction of sp³-hybridized carbons (Fsp3) is 0.300. The molecule has 132 valence electrons. The van der Waals surface area contributed by atoms with Crippen molar-refractivity contribution in [3.8, 4) is 5.75 Å². The first-order valence-corrected chi connectivity index (χ1v) is 8.59. The number of benzene rings is 2. The molecule has 0 N–H and O–H groups in total. The van der Waals surface area contributed by atoms with Gasteiger partial charge in [-0.2, -0.15) is 0 Å². The van der Waals surface area contributed by atoms with Crippen LogP contribution < -0.4 is 4.74 Å². The minimum atomic E-state index is -0.628. The third kappa shape index (κ3) is 5.91. The molecule has 0 fully saturated rings. The predicted octanol–water partition coefficient (Wildman–Crippen LogP) is 5.15. The Kier molecular flexibility index (Phi) is 7.02. The van der Waals surface area contributed by atoms with Gasteiger partial charge in [-0.05, 0) is 49.1 Å². The Balaban J connectivity index is 2.06. The first kappa shape index (κ1) is 19.0. The largest absolute Gasteiger partial charge is 0.462 e. The molecule has 0 radical (unpaired) electrons. The van der Waals surface area contributed by atoms with Crippen LogP contribution >= 0.6 is 11.6 Å². The Hall–Kier alpha value is -2.33. The van der Waals surface area contributed by atoms with Crippen LogP contribution in [0, 0.1) is 5.92 Å². The number of rotatable bonds is 7. The van der Waals surface area contributed by atoms with E-state index in [-0.39, 0.29) is 11.1 Å². The fourth-order valence-corrected chi connectivity index (χ4v) is 2.45. The quantitative estimate of drug-likeness (QED) is 0.389. The summed E-state index contributed by atoms with van der Waals surface area (Å²) < 4.78 is 10.6. The van der Waals surface area contributed by atoms with Gasteiger partial charge in [0, 0.05) is 5.02 Å². The molecule has 2 aromatic carbocycles. The molecule has 0 aromatic heterocycles. The average molecular weight is 361 g/mol. The molecule has 0 aliphatic rings. The van der Waals surface area contributed by atoms with Crippen LogP contribution in [0.3, 0.4) is 0 Å². The minimum absolute atomic E-state index is 0.163. The monoisotopic (exact) mass is 360 g/mol. The number of halogens is 1. The molecule has 0 amide bonds. The average Bonchev–Trinajstić information content (AvgIpc) is 2.58. The predicted molar refractivity (Wildman–Crippen MR) is 97.2 cm³/mol. The molecular formula is C20H21ClO4. The van der Waals surface area contributed by atoms with Crippen LogP contribution in [0.25, 0.3) is 0 Å². The second-order valence-electron chi connectivity index (χ2n) is 6.06. The summed E-state index contributed by atoms with van der Waals surface area (Å²) in [6.07, 6.45) is 1.77. The summed E-state index contributed by atoms with van der Waals surface area (Å²) in [5, 5.41) is 0.461. The van der Waals surface area contributed by atoms with Crippen LogP contribution in [0.1, 0.15) is 47.4 Å². The molecule has 0 unspecified atom stereocenters. The highest BCUT2D eigenvalue weighted by atomic mass is 35.5. The van der Waals surface area contributed by atoms with Crippen molar-refractivity contribution in [2.75, 3.05) is 6.61 Å². The van der Waals surface area contributed by atoms with E-state index in [4.69, 9.17) is 21.1 Å². The normalized spacial score (nSPS) is 10.6. The minimum Gasteiger partial charge on any atom is -0.462 e. The van der Waals surface area contributed by atoms with Gasteiger partial charge in [0.05, 0.1) is 17.7 Å². The van der Waals surface area contributed by atoms with E-state index in [1.807, 2.05) is 0 Å². The van der Waals surface area contributed by atoms with Crippen molar-refractivity contribution in [3.63, 3.8) is 0 Å². The van der Waals surface area contributed by atoms with Crippen molar-refractivity contribution in [3.05, 3.63) is 64.7 Å². The molecule has 0 atom stereocenters. The van der Waals surface area contributed by atoms with Gasteiger partial charge in [0.15, 0.2) is 0 Å². The molecule has 0 saturated heterocycles. The Morgan fingerprint density at radius 2 is 1.68 bits per heavy atom. The zero-order chi connectivity index (χ0) is 18.2. The van der Waals surface area contributed by atoms with Crippen LogP contribution in [0.5, 0.6) is 5.75 Å². The highest BCUT2D eigenvalue weighted by Gasteiger charge is 2.19. The van der Waals surface area contributed by atoms with Crippen LogP contribution in [0.4, 0.5) is 0 Å². The van der Waals surface area contributed by atoms with Crippen molar-refractivity contribution >= 4 is 23.5 Å². The van der Waals surface area contributed by atoms with E-state index in [9.17, 15) is 9.59 Å². The van der Waals surface area contributed by atoms with E-state index < -0.39 is 11.9 Å². The van der Waals surface area contributed by atoms with Gasteiger partial charge in [-0.1, -0.05) is 43.6 Å². The zero-order valence-corrected chi connectivity index (χ0v) is 15.1. The standard InChI is InChI=1S/C20H21ClO4/c1-14(2)7-6-12-24-19(22)17-10-3-4-11-18(17)20(23)25-16-9-5-8-15(21)13-16/h3-5,8-11,13-14H,6-7,12H2,1-2H3. The van der Waals surface area contributed by atoms with E-state index in [1.54, 1.807) is 36.4 Å². The summed E-state index contributed by atoms with van der Waals surface area (Å²) in [5.74, 6) is -0.282. The van der Waals surface area contributed by atoms with E-state index in [1.165, 1.54) is 12.1 Å². The third-order valence-corrected chi connectivity index (χ3v) is 3.77. The highest BCUT2D eigenvalue weighted by Crippen LogP contribution is 2.20. The molecule has 4 nitrogen and oxygen atoms in total. The lowest BCUT2D eigenvalue weighted by Gasteiger charge is -2.10. The molecule has 0 saturated carbocycles. The van der Waals surface area contributed by atoms with Gasteiger partial charge < -0.3 is 9.47 Å². The number of ether oxygens (including phenoxy) is 2. The van der Waals surface area contributed by atoms with Crippen molar-refractivity contribution in [2.24, 2.45) is 5.92 Å². The molecule has 2 rings (SSSR count). The molecule has 25 heavy (non-hydrogen) atoms. The first-order valence-electron chi connectivity index (χ1n) is 8.21. The van der Waals surface area contributed by atoms with Crippen LogP contribution in [-0.4, -0.2) is 18.5 Å². The van der Waals surface area contributed by atoms with Gasteiger partial charge in [-0.25, -0.2) is 9.59 Å². The lowest BCUT2D eigenvalue weighted by atomic mass is 10.1. The Labute approximate surface area is 152 Å². The van der Waals surface area contributed by atoms with Gasteiger partial charge in [-0.3, -0.25) is 0 Å². The zero-order valence-electron chi connectivity index (χ0n) is 14.3. The Bertz CT molecular complexity index is 740. The molecule has 5 heteroatoms. The fourth-order valence-electron chi connectivity index (χ4n) is 2.27. The number of esters is 2. The van der Waals surface area contributed by atoms with Crippen LogP contribution in [0.2, 0.25) is 5.02 Å². The number of hydrogen-bond acceptors (Lipinski definition) is 4. The first-order chi connectivity index (χ1) is 12.0. The van der Waals surface area contributed by atoms with Gasteiger partial charge in [0.25, 0.3) is 0 Å². The second-order valence-corrected chi connectivity index (χ2v) is 6.50. The van der Waals surface area contributed by atoms with Crippen LogP contribution in [-0.2, 0) is 4.74 Å². The van der Waals surface area contributed by atoms with E-state index in [0.29, 0.717) is 23.3 Å². The van der Waals surface area contributed by atoms with Gasteiger partial charge in [-0.15, -0.1) is 0 Å². The van der Waals surface area contributed by atoms with E-state index in [0.717, 1.165) is 12.8 Å². The molecule has 0 heterocycles. The number of carbonyl (C=O) groups is 2. The summed E-state index contributed by atoms with van der Waals surface area (Å²) >= 11 is 5.88. The Morgan fingerprint density at radius 1 is 1.00 bits per heavy atom. The van der Waals surface area contributed by atoms with E-state index in [2.05, 4.69) is 13.8 Å². The van der Waals surface area contributed by atoms with Crippen molar-refractivity contribution in [1.82, 2.24) is 0 Å². The van der Waals surface area contributed by atoms with Crippen molar-refractivity contribution in [2.45, 2.75) is 26.7 Å². The molecule has 0 bridgehead atoms. The van der Waals surface area contributed by atoms with Gasteiger partial charge >= 0.3 is 11.9 Å². The summed E-state index contributed by atoms with van der Waals surface area (Å²) in [6.45, 7) is 4.56. The summed E-state index contributed by atoms with van der Waals surface area (Å²) in [7, 11) is 0. The maximum absolute atomic E-state index is 12.4. The summed E-state index contributed by atoms with van der Waals surface area (Å²) in [5.41, 5.74) is 0.357. The smallest absolute Gasteiger partial charge is 0.344 e. The lowest BCUT2D eigenvalue weighted by molar-refractivity contribution is 0.0486. The second kappa shape index (κ2) is 9.23. The highest BCUT2D eigenvalue weighted by molar-refractivity contribution is 6.30. The lowest BCUT2D eigenvalue weighted by Crippen LogP contribution is -2.16. The van der Waals surface area contributed by atoms with Gasteiger partial charge in [0.2, 0.25) is 0 Å². The summed E-state index contributed by atoms with van der Waals surface area (Å²) in [4.78, 5) is 24.7. The molecule has 2 aromatic rings. The van der Waals surface area contributed by atoms with Gasteiger partial charge in [0.1, 0.15) is 5.75 Å². The maximum Gasteiger partial charge on any atom is 0.344 e. The molecule has 0 aliphatic heterocycles. The molecule has 0 spiro atoms. The third-order valence-electron chi connectivity index (χ3n) is 3.53. The van der Waals surface area contributed by atoms with E-state index >= 15 is 0 Å². The molecular weight excluding hydrogens is 340 g/mol. The summed E-state index contributed by atoms with van der Waals surface area (Å²) in [6, 6.07) is 13.0. The number of hydrogen-bond donors (Lipinski definition) is 0. The number of carbonyl (C=O) groups excluding carboxylic acids is 2. The SMILES string of the molecule is CC(C)CCCOC(=O)c1ccccc1C(=O)Oc1cccc(Cl)c1. The maximum atomic E-state index is 12.4.